The monoisotopic (exact) mass is 493 g/mol. The predicted molar refractivity (Wildman–Crippen MR) is 98.1 cm³/mol. The molecule has 1 amide bonds. The second-order valence-corrected chi connectivity index (χ2v) is 7.27. The Hall–Kier alpha value is -2.47. The molecule has 2 heterocycles. The fourth-order valence-corrected chi connectivity index (χ4v) is 3.32. The van der Waals surface area contributed by atoms with Crippen molar-refractivity contribution < 1.29 is 31.2 Å². The highest BCUT2D eigenvalue weighted by molar-refractivity contribution is 9.10. The molecule has 1 N–H and O–H groups in total. The molecule has 0 aliphatic heterocycles. The summed E-state index contributed by atoms with van der Waals surface area (Å²) in [5.74, 6) is -2.92. The van der Waals surface area contributed by atoms with E-state index in [0.717, 1.165) is 12.1 Å². The van der Waals surface area contributed by atoms with Gasteiger partial charge in [0.15, 0.2) is 16.7 Å². The largest absolute Gasteiger partial charge is 0.463 e. The molecule has 5 nitrogen and oxygen atoms in total. The molecule has 0 radical (unpaired) electrons. The number of aromatic nitrogens is 2. The van der Waals surface area contributed by atoms with Gasteiger partial charge in [0, 0.05) is 10.5 Å². The van der Waals surface area contributed by atoms with Gasteiger partial charge in [0.25, 0.3) is 0 Å². The zero-order valence-corrected chi connectivity index (χ0v) is 16.5. The van der Waals surface area contributed by atoms with Crippen LogP contribution in [0.4, 0.5) is 27.6 Å². The molecule has 2 aromatic heterocycles. The average Bonchev–Trinajstić information content (AvgIpc) is 3.17. The van der Waals surface area contributed by atoms with Crippen LogP contribution < -0.4 is 5.32 Å². The Bertz CT molecular complexity index is 1020. The lowest BCUT2D eigenvalue weighted by Gasteiger charge is -2.10. The number of carbonyl (C=O) groups excluding carboxylic acids is 1. The Morgan fingerprint density at radius 2 is 1.97 bits per heavy atom. The molecule has 0 bridgehead atoms. The number of rotatable bonds is 5. The molecular weight excluding hydrogens is 485 g/mol. The first-order valence-corrected chi connectivity index (χ1v) is 9.48. The van der Waals surface area contributed by atoms with Gasteiger partial charge in [-0.1, -0.05) is 11.8 Å². The molecule has 0 aliphatic rings. The van der Waals surface area contributed by atoms with E-state index < -0.39 is 35.2 Å². The molecule has 29 heavy (non-hydrogen) atoms. The van der Waals surface area contributed by atoms with Crippen molar-refractivity contribution in [2.75, 3.05) is 11.1 Å². The number of nitrogens with zero attached hydrogens (tertiary/aromatic N) is 2. The highest BCUT2D eigenvalue weighted by Crippen LogP contribution is 2.32. The van der Waals surface area contributed by atoms with Gasteiger partial charge in [-0.25, -0.2) is 18.7 Å². The third-order valence-corrected chi connectivity index (χ3v) is 4.85. The van der Waals surface area contributed by atoms with Crippen LogP contribution in [0.2, 0.25) is 0 Å². The summed E-state index contributed by atoms with van der Waals surface area (Å²) in [7, 11) is 0. The normalized spacial score (nSPS) is 11.5. The van der Waals surface area contributed by atoms with Crippen molar-refractivity contribution in [1.29, 1.82) is 0 Å². The Kier molecular flexibility index (Phi) is 6.22. The number of amides is 1. The van der Waals surface area contributed by atoms with Gasteiger partial charge in [-0.15, -0.1) is 0 Å². The van der Waals surface area contributed by atoms with Crippen LogP contribution in [0.1, 0.15) is 5.69 Å². The fraction of sp³-hybridized carbons (Fsp3) is 0.118. The lowest BCUT2D eigenvalue weighted by Crippen LogP contribution is -2.16. The van der Waals surface area contributed by atoms with E-state index in [9.17, 15) is 26.7 Å². The number of carbonyl (C=O) groups is 1. The highest BCUT2D eigenvalue weighted by atomic mass is 79.9. The van der Waals surface area contributed by atoms with E-state index in [1.54, 1.807) is 0 Å². The lowest BCUT2D eigenvalue weighted by atomic mass is 10.2. The molecule has 3 aromatic rings. The number of furan rings is 1. The van der Waals surface area contributed by atoms with Gasteiger partial charge in [0.2, 0.25) is 5.91 Å². The average molecular weight is 494 g/mol. The second-order valence-electron chi connectivity index (χ2n) is 5.48. The fourth-order valence-electron chi connectivity index (χ4n) is 2.15. The first-order valence-electron chi connectivity index (χ1n) is 7.71. The van der Waals surface area contributed by atoms with Crippen LogP contribution in [0, 0.1) is 11.6 Å². The SMILES string of the molecule is O=C(CSc1nc(-c2ccco2)cc(C(F)(F)F)n1)Nc1c(F)cc(F)cc1Br. The van der Waals surface area contributed by atoms with Crippen LogP contribution in [0.3, 0.4) is 0 Å². The lowest BCUT2D eigenvalue weighted by molar-refractivity contribution is -0.141. The zero-order chi connectivity index (χ0) is 21.2. The van der Waals surface area contributed by atoms with Gasteiger partial charge < -0.3 is 9.73 Å². The first-order chi connectivity index (χ1) is 13.6. The van der Waals surface area contributed by atoms with Crippen molar-refractivity contribution in [3.05, 3.63) is 58.4 Å². The molecule has 0 saturated carbocycles. The number of anilines is 1. The second kappa shape index (κ2) is 8.49. The Morgan fingerprint density at radius 3 is 2.59 bits per heavy atom. The van der Waals surface area contributed by atoms with E-state index in [2.05, 4.69) is 31.2 Å². The van der Waals surface area contributed by atoms with Crippen LogP contribution in [-0.4, -0.2) is 21.6 Å². The smallest absolute Gasteiger partial charge is 0.433 e. The van der Waals surface area contributed by atoms with E-state index in [4.69, 9.17) is 4.42 Å². The van der Waals surface area contributed by atoms with E-state index in [0.29, 0.717) is 17.8 Å². The molecule has 1 aromatic carbocycles. The van der Waals surface area contributed by atoms with Crippen LogP contribution in [-0.2, 0) is 11.0 Å². The Morgan fingerprint density at radius 1 is 1.21 bits per heavy atom. The summed E-state index contributed by atoms with van der Waals surface area (Å²) in [6, 6.07) is 5.18. The molecule has 0 saturated heterocycles. The number of halogens is 6. The molecule has 0 aliphatic carbocycles. The van der Waals surface area contributed by atoms with Crippen LogP contribution in [0.15, 0.2) is 50.6 Å². The first kappa shape index (κ1) is 21.2. The van der Waals surface area contributed by atoms with E-state index in [-0.39, 0.29) is 26.8 Å². The summed E-state index contributed by atoms with van der Waals surface area (Å²) in [5, 5.41) is 1.90. The molecule has 0 spiro atoms. The van der Waals surface area contributed by atoms with Crippen LogP contribution in [0.25, 0.3) is 11.5 Å². The van der Waals surface area contributed by atoms with Gasteiger partial charge in [0.1, 0.15) is 17.2 Å². The Labute approximate surface area is 172 Å². The third kappa shape index (κ3) is 5.32. The van der Waals surface area contributed by atoms with Gasteiger partial charge in [-0.3, -0.25) is 4.79 Å². The van der Waals surface area contributed by atoms with Crippen molar-refractivity contribution in [2.45, 2.75) is 11.3 Å². The number of benzene rings is 1. The van der Waals surface area contributed by atoms with Crippen molar-refractivity contribution in [1.82, 2.24) is 9.97 Å². The zero-order valence-electron chi connectivity index (χ0n) is 14.1. The number of alkyl halides is 3. The number of nitrogens with one attached hydrogen (secondary N) is 1. The van der Waals surface area contributed by atoms with Gasteiger partial charge >= 0.3 is 6.18 Å². The Balaban J connectivity index is 1.78. The molecular formula is C17H9BrF5N3O2S. The van der Waals surface area contributed by atoms with Gasteiger partial charge in [0.05, 0.1) is 17.7 Å². The predicted octanol–water partition coefficient (Wildman–Crippen LogP) is 5.53. The van der Waals surface area contributed by atoms with E-state index in [1.165, 1.54) is 18.4 Å². The maximum Gasteiger partial charge on any atom is 0.433 e. The van der Waals surface area contributed by atoms with Crippen molar-refractivity contribution >= 4 is 39.3 Å². The minimum atomic E-state index is -4.73. The summed E-state index contributed by atoms with van der Waals surface area (Å²) < 4.78 is 71.2. The van der Waals surface area contributed by atoms with E-state index in [1.807, 2.05) is 0 Å². The summed E-state index contributed by atoms with van der Waals surface area (Å²) in [6.07, 6.45) is -3.45. The molecule has 152 valence electrons. The maximum absolute atomic E-state index is 13.8. The molecule has 3 rings (SSSR count). The quantitative estimate of drug-likeness (QED) is 0.287. The summed E-state index contributed by atoms with van der Waals surface area (Å²) in [6.45, 7) is 0. The standard InChI is InChI=1S/C17H9BrF5N3O2S/c18-9-4-8(19)5-10(20)15(9)26-14(27)7-29-16-24-11(12-2-1-3-28-12)6-13(25-16)17(21,22)23/h1-6H,7H2,(H,26,27). The minimum Gasteiger partial charge on any atom is -0.463 e. The summed E-state index contributed by atoms with van der Waals surface area (Å²) >= 11 is 3.54. The summed E-state index contributed by atoms with van der Waals surface area (Å²) in [4.78, 5) is 19.4. The number of thioether (sulfide) groups is 1. The van der Waals surface area contributed by atoms with Crippen LogP contribution >= 0.6 is 27.7 Å². The number of hydrogen-bond donors (Lipinski definition) is 1. The van der Waals surface area contributed by atoms with Crippen molar-refractivity contribution in [2.24, 2.45) is 0 Å². The van der Waals surface area contributed by atoms with Gasteiger partial charge in [-0.05, 0) is 40.2 Å². The molecule has 0 fully saturated rings. The van der Waals surface area contributed by atoms with Crippen molar-refractivity contribution in [3.63, 3.8) is 0 Å². The topological polar surface area (TPSA) is 68.0 Å². The third-order valence-electron chi connectivity index (χ3n) is 3.37. The maximum atomic E-state index is 13.8. The highest BCUT2D eigenvalue weighted by Gasteiger charge is 2.34. The van der Waals surface area contributed by atoms with Gasteiger partial charge in [-0.2, -0.15) is 13.2 Å². The van der Waals surface area contributed by atoms with Crippen molar-refractivity contribution in [3.8, 4) is 11.5 Å². The van der Waals surface area contributed by atoms with Crippen LogP contribution in [0.5, 0.6) is 0 Å². The van der Waals surface area contributed by atoms with E-state index >= 15 is 0 Å². The molecule has 0 unspecified atom stereocenters. The molecule has 12 heteroatoms. The minimum absolute atomic E-state index is 0.0243. The summed E-state index contributed by atoms with van der Waals surface area (Å²) in [5.41, 5.74) is -1.60. The number of hydrogen-bond acceptors (Lipinski definition) is 5. The molecule has 0 atom stereocenters.